The number of hydrogen-bond donors (Lipinski definition) is 1. The highest BCUT2D eigenvalue weighted by atomic mass is 19.4. The Bertz CT molecular complexity index is 513. The summed E-state index contributed by atoms with van der Waals surface area (Å²) in [5.41, 5.74) is -0.518. The SMILES string of the molecule is CCCCN(CC(=O)Nc1ccc(C(F)(F)F)cc1)C(C)=O. The Kier molecular flexibility index (Phi) is 6.39. The van der Waals surface area contributed by atoms with Gasteiger partial charge in [0.2, 0.25) is 11.8 Å². The van der Waals surface area contributed by atoms with Crippen molar-refractivity contribution in [2.24, 2.45) is 0 Å². The molecule has 0 aromatic heterocycles. The minimum absolute atomic E-state index is 0.115. The Labute approximate surface area is 127 Å². The third kappa shape index (κ3) is 5.75. The van der Waals surface area contributed by atoms with E-state index in [1.165, 1.54) is 24.0 Å². The maximum absolute atomic E-state index is 12.4. The second kappa shape index (κ2) is 7.82. The number of hydrogen-bond acceptors (Lipinski definition) is 2. The van der Waals surface area contributed by atoms with Gasteiger partial charge in [0.05, 0.1) is 12.1 Å². The van der Waals surface area contributed by atoms with Crippen LogP contribution in [0.3, 0.4) is 0 Å². The maximum atomic E-state index is 12.4. The topological polar surface area (TPSA) is 49.4 Å². The van der Waals surface area contributed by atoms with Crippen LogP contribution in [0.25, 0.3) is 0 Å². The molecular formula is C15H19F3N2O2. The summed E-state index contributed by atoms with van der Waals surface area (Å²) in [4.78, 5) is 24.7. The Hall–Kier alpha value is -2.05. The third-order valence-corrected chi connectivity index (χ3v) is 3.06. The molecule has 0 saturated carbocycles. The first-order chi connectivity index (χ1) is 10.2. The lowest BCUT2D eigenvalue weighted by Gasteiger charge is -2.20. The van der Waals surface area contributed by atoms with Crippen LogP contribution in [0.2, 0.25) is 0 Å². The summed E-state index contributed by atoms with van der Waals surface area (Å²) >= 11 is 0. The monoisotopic (exact) mass is 316 g/mol. The number of carbonyl (C=O) groups is 2. The van der Waals surface area contributed by atoms with Crippen LogP contribution >= 0.6 is 0 Å². The molecular weight excluding hydrogens is 297 g/mol. The molecule has 0 saturated heterocycles. The minimum atomic E-state index is -4.41. The zero-order chi connectivity index (χ0) is 16.8. The van der Waals surface area contributed by atoms with Gasteiger partial charge in [0, 0.05) is 19.2 Å². The Morgan fingerprint density at radius 2 is 1.77 bits per heavy atom. The van der Waals surface area contributed by atoms with Crippen molar-refractivity contribution < 1.29 is 22.8 Å². The molecule has 0 aliphatic rings. The van der Waals surface area contributed by atoms with Crippen LogP contribution < -0.4 is 5.32 Å². The summed E-state index contributed by atoms with van der Waals surface area (Å²) in [6.45, 7) is 3.71. The first-order valence-electron chi connectivity index (χ1n) is 6.96. The lowest BCUT2D eigenvalue weighted by molar-refractivity contribution is -0.137. The number of nitrogens with zero attached hydrogens (tertiary/aromatic N) is 1. The first-order valence-corrected chi connectivity index (χ1v) is 6.96. The van der Waals surface area contributed by atoms with Gasteiger partial charge in [0.15, 0.2) is 0 Å². The van der Waals surface area contributed by atoms with E-state index in [1.54, 1.807) is 0 Å². The van der Waals surface area contributed by atoms with Gasteiger partial charge in [-0.25, -0.2) is 0 Å². The summed E-state index contributed by atoms with van der Waals surface area (Å²) < 4.78 is 37.3. The van der Waals surface area contributed by atoms with Crippen LogP contribution in [0.1, 0.15) is 32.3 Å². The van der Waals surface area contributed by atoms with E-state index in [-0.39, 0.29) is 18.1 Å². The predicted octanol–water partition coefficient (Wildman–Crippen LogP) is 3.29. The largest absolute Gasteiger partial charge is 0.416 e. The normalized spacial score (nSPS) is 11.1. The maximum Gasteiger partial charge on any atom is 0.416 e. The van der Waals surface area contributed by atoms with Gasteiger partial charge in [0.25, 0.3) is 0 Å². The molecule has 0 aliphatic carbocycles. The molecule has 0 radical (unpaired) electrons. The number of carbonyl (C=O) groups excluding carboxylic acids is 2. The molecule has 0 heterocycles. The van der Waals surface area contributed by atoms with Crippen LogP contribution in [-0.4, -0.2) is 29.8 Å². The number of unbranched alkanes of at least 4 members (excludes halogenated alkanes) is 1. The van der Waals surface area contributed by atoms with Gasteiger partial charge in [0.1, 0.15) is 0 Å². The molecule has 7 heteroatoms. The fourth-order valence-corrected chi connectivity index (χ4v) is 1.81. The Balaban J connectivity index is 2.62. The van der Waals surface area contributed by atoms with Crippen molar-refractivity contribution >= 4 is 17.5 Å². The summed E-state index contributed by atoms with van der Waals surface area (Å²) in [5, 5.41) is 2.48. The predicted molar refractivity (Wildman–Crippen MR) is 77.2 cm³/mol. The number of halogens is 3. The average Bonchev–Trinajstić information content (AvgIpc) is 2.42. The summed E-state index contributed by atoms with van der Waals surface area (Å²) in [5.74, 6) is -0.651. The average molecular weight is 316 g/mol. The van der Waals surface area contributed by atoms with Gasteiger partial charge in [-0.1, -0.05) is 13.3 Å². The highest BCUT2D eigenvalue weighted by Gasteiger charge is 2.30. The molecule has 122 valence electrons. The number of anilines is 1. The standard InChI is InChI=1S/C15H19F3N2O2/c1-3-4-9-20(11(2)21)10-14(22)19-13-7-5-12(6-8-13)15(16,17)18/h5-8H,3-4,9-10H2,1-2H3,(H,19,22). The minimum Gasteiger partial charge on any atom is -0.334 e. The van der Waals surface area contributed by atoms with Crippen LogP contribution in [0.4, 0.5) is 18.9 Å². The van der Waals surface area contributed by atoms with E-state index in [0.29, 0.717) is 6.54 Å². The molecule has 0 bridgehead atoms. The first kappa shape index (κ1) is 18.0. The van der Waals surface area contributed by atoms with E-state index >= 15 is 0 Å². The van der Waals surface area contributed by atoms with Crippen LogP contribution in [0.15, 0.2) is 24.3 Å². The van der Waals surface area contributed by atoms with E-state index in [0.717, 1.165) is 25.0 Å². The molecule has 0 fully saturated rings. The van der Waals surface area contributed by atoms with Crippen molar-refractivity contribution in [1.82, 2.24) is 4.90 Å². The van der Waals surface area contributed by atoms with Gasteiger partial charge < -0.3 is 10.2 Å². The molecule has 0 aliphatic heterocycles. The summed E-state index contributed by atoms with van der Waals surface area (Å²) in [6.07, 6.45) is -2.73. The molecule has 1 aromatic rings. The zero-order valence-electron chi connectivity index (χ0n) is 12.5. The lowest BCUT2D eigenvalue weighted by Crippen LogP contribution is -2.37. The van der Waals surface area contributed by atoms with E-state index < -0.39 is 17.6 Å². The fraction of sp³-hybridized carbons (Fsp3) is 0.467. The second-order valence-corrected chi connectivity index (χ2v) is 4.92. The van der Waals surface area contributed by atoms with Crippen LogP contribution in [0, 0.1) is 0 Å². The molecule has 0 unspecified atom stereocenters. The molecule has 0 spiro atoms. The number of alkyl halides is 3. The quantitative estimate of drug-likeness (QED) is 0.875. The van der Waals surface area contributed by atoms with Crippen LogP contribution in [0.5, 0.6) is 0 Å². The van der Waals surface area contributed by atoms with E-state index in [1.807, 2.05) is 6.92 Å². The van der Waals surface area contributed by atoms with Crippen molar-refractivity contribution in [2.75, 3.05) is 18.4 Å². The number of nitrogens with one attached hydrogen (secondary N) is 1. The van der Waals surface area contributed by atoms with Gasteiger partial charge in [-0.15, -0.1) is 0 Å². The summed E-state index contributed by atoms with van der Waals surface area (Å²) in [7, 11) is 0. The third-order valence-electron chi connectivity index (χ3n) is 3.06. The zero-order valence-corrected chi connectivity index (χ0v) is 12.5. The van der Waals surface area contributed by atoms with Crippen molar-refractivity contribution in [3.63, 3.8) is 0 Å². The van der Waals surface area contributed by atoms with Crippen LogP contribution in [-0.2, 0) is 15.8 Å². The van der Waals surface area contributed by atoms with Gasteiger partial charge in [-0.05, 0) is 30.7 Å². The smallest absolute Gasteiger partial charge is 0.334 e. The van der Waals surface area contributed by atoms with Gasteiger partial charge in [-0.3, -0.25) is 9.59 Å². The van der Waals surface area contributed by atoms with Gasteiger partial charge >= 0.3 is 6.18 Å². The van der Waals surface area contributed by atoms with Crippen molar-refractivity contribution in [3.05, 3.63) is 29.8 Å². The fourth-order valence-electron chi connectivity index (χ4n) is 1.81. The Morgan fingerprint density at radius 3 is 2.23 bits per heavy atom. The molecule has 1 N–H and O–H groups in total. The van der Waals surface area contributed by atoms with Gasteiger partial charge in [-0.2, -0.15) is 13.2 Å². The van der Waals surface area contributed by atoms with E-state index in [2.05, 4.69) is 5.32 Å². The Morgan fingerprint density at radius 1 is 1.18 bits per heavy atom. The van der Waals surface area contributed by atoms with E-state index in [9.17, 15) is 22.8 Å². The van der Waals surface area contributed by atoms with Crippen molar-refractivity contribution in [2.45, 2.75) is 32.9 Å². The summed E-state index contributed by atoms with van der Waals surface area (Å²) in [6, 6.07) is 4.17. The van der Waals surface area contributed by atoms with E-state index in [4.69, 9.17) is 0 Å². The molecule has 0 atom stereocenters. The molecule has 2 amide bonds. The number of amides is 2. The molecule has 1 rings (SSSR count). The van der Waals surface area contributed by atoms with Crippen molar-refractivity contribution in [1.29, 1.82) is 0 Å². The highest BCUT2D eigenvalue weighted by Crippen LogP contribution is 2.29. The lowest BCUT2D eigenvalue weighted by atomic mass is 10.2. The second-order valence-electron chi connectivity index (χ2n) is 4.92. The highest BCUT2D eigenvalue weighted by molar-refractivity contribution is 5.94. The number of benzene rings is 1. The molecule has 1 aromatic carbocycles. The molecule has 22 heavy (non-hydrogen) atoms. The molecule has 4 nitrogen and oxygen atoms in total. The number of rotatable bonds is 6. The van der Waals surface area contributed by atoms with Crippen molar-refractivity contribution in [3.8, 4) is 0 Å².